The zero-order chi connectivity index (χ0) is 4.85. The summed E-state index contributed by atoms with van der Waals surface area (Å²) in [6.07, 6.45) is 1.41. The van der Waals surface area contributed by atoms with Gasteiger partial charge in [0, 0.05) is 0 Å². The van der Waals surface area contributed by atoms with Crippen LogP contribution in [-0.4, -0.2) is 9.19 Å². The van der Waals surface area contributed by atoms with E-state index in [0.29, 0.717) is 10.2 Å². The second-order valence-electron chi connectivity index (χ2n) is 1.22. The molecule has 0 aliphatic carbocycles. The lowest BCUT2D eigenvalue weighted by Crippen LogP contribution is -2.00. The summed E-state index contributed by atoms with van der Waals surface area (Å²) in [6.45, 7) is 0. The summed E-state index contributed by atoms with van der Waals surface area (Å²) in [6, 6.07) is 0. The first-order valence-corrected chi connectivity index (χ1v) is 2.90. The molecule has 4 heteroatoms. The number of nitrogens with zero attached hydrogens (tertiary/aromatic N) is 1. The van der Waals surface area contributed by atoms with Gasteiger partial charge in [0.25, 0.3) is 5.22 Å². The Kier molecular flexibility index (Phi) is 0.380. The molecule has 36 valence electrons. The minimum atomic E-state index is -0.981. The van der Waals surface area contributed by atoms with Crippen LogP contribution in [0.5, 0.6) is 0 Å². The van der Waals surface area contributed by atoms with Crippen molar-refractivity contribution < 1.29 is 8.63 Å². The molecule has 3 nitrogen and oxygen atoms in total. The summed E-state index contributed by atoms with van der Waals surface area (Å²) in [5.41, 5.74) is 0. The van der Waals surface area contributed by atoms with E-state index in [0.717, 1.165) is 0 Å². The summed E-state index contributed by atoms with van der Waals surface area (Å²) in [7, 11) is -0.981. The van der Waals surface area contributed by atoms with Crippen LogP contribution < -0.4 is 0 Å². The third-order valence-electron chi connectivity index (χ3n) is 0.811. The molecule has 0 fully saturated rings. The van der Waals surface area contributed by atoms with Crippen molar-refractivity contribution >= 4 is 10.8 Å². The molecule has 7 heavy (non-hydrogen) atoms. The average molecular weight is 115 g/mol. The molecule has 0 saturated carbocycles. The Bertz CT molecular complexity index is 201. The maximum absolute atomic E-state index is 10.4. The number of fused-ring (bicyclic) bond motifs is 1. The molecule has 1 unspecified atom stereocenters. The standard InChI is InChI=1S/C3HNO2S/c5-7-2-1-6-3(7)4-2/h1H. The maximum atomic E-state index is 10.4. The van der Waals surface area contributed by atoms with Crippen LogP contribution in [0.2, 0.25) is 0 Å². The lowest BCUT2D eigenvalue weighted by molar-refractivity contribution is 0.448. The van der Waals surface area contributed by atoms with Crippen molar-refractivity contribution in [1.29, 1.82) is 0 Å². The third kappa shape index (κ3) is 0.226. The fourth-order valence-corrected chi connectivity index (χ4v) is 1.13. The molecule has 0 amide bonds. The fraction of sp³-hybridized carbons (Fsp3) is 0. The van der Waals surface area contributed by atoms with Crippen LogP contribution in [0.3, 0.4) is 0 Å². The molecule has 1 atom stereocenters. The van der Waals surface area contributed by atoms with Gasteiger partial charge in [-0.2, -0.15) is 4.98 Å². The molecule has 0 radical (unpaired) electrons. The highest BCUT2D eigenvalue weighted by molar-refractivity contribution is 7.85. The van der Waals surface area contributed by atoms with Crippen molar-refractivity contribution in [2.75, 3.05) is 0 Å². The van der Waals surface area contributed by atoms with Gasteiger partial charge in [0.2, 0.25) is 0 Å². The Hall–Kier alpha value is -0.640. The molecule has 0 N–H and O–H groups in total. The Morgan fingerprint density at radius 2 is 2.71 bits per heavy atom. The predicted octanol–water partition coefficient (Wildman–Crippen LogP) is 0.155. The van der Waals surface area contributed by atoms with E-state index in [9.17, 15) is 4.21 Å². The zero-order valence-electron chi connectivity index (χ0n) is 3.25. The monoisotopic (exact) mass is 115 g/mol. The molecular formula is C3HNO2S. The van der Waals surface area contributed by atoms with E-state index in [4.69, 9.17) is 0 Å². The molecule has 0 saturated heterocycles. The number of hydrogen-bond acceptors (Lipinski definition) is 3. The van der Waals surface area contributed by atoms with Gasteiger partial charge < -0.3 is 4.42 Å². The van der Waals surface area contributed by atoms with E-state index in [1.165, 1.54) is 6.26 Å². The summed E-state index contributed by atoms with van der Waals surface area (Å²) in [4.78, 5) is 3.67. The average Bonchev–Trinajstić information content (AvgIpc) is 2.18. The Balaban J connectivity index is 2.91. The van der Waals surface area contributed by atoms with E-state index < -0.39 is 10.8 Å². The minimum absolute atomic E-state index is 0.356. The summed E-state index contributed by atoms with van der Waals surface area (Å²) in [5.74, 6) is 0. The number of hydrogen-bond donors (Lipinski definition) is 0. The van der Waals surface area contributed by atoms with Gasteiger partial charge in [0.1, 0.15) is 6.26 Å². The highest BCUT2D eigenvalue weighted by Crippen LogP contribution is 2.23. The molecule has 1 aromatic rings. The second kappa shape index (κ2) is 0.790. The highest BCUT2D eigenvalue weighted by atomic mass is 32.2. The molecule has 0 spiro atoms. The first kappa shape index (κ1) is 3.37. The summed E-state index contributed by atoms with van der Waals surface area (Å²) in [5, 5.41) is 0.921. The van der Waals surface area contributed by atoms with Crippen molar-refractivity contribution in [3.05, 3.63) is 6.26 Å². The van der Waals surface area contributed by atoms with Crippen molar-refractivity contribution in [2.24, 2.45) is 0 Å². The Labute approximate surface area is 41.8 Å². The van der Waals surface area contributed by atoms with E-state index in [1.54, 1.807) is 0 Å². The smallest absolute Gasteiger partial charge is 0.294 e. The van der Waals surface area contributed by atoms with Gasteiger partial charge in [0.15, 0.2) is 15.8 Å². The minimum Gasteiger partial charge on any atom is -0.437 e. The van der Waals surface area contributed by atoms with Gasteiger partial charge >= 0.3 is 0 Å². The number of rotatable bonds is 0. The topological polar surface area (TPSA) is 43.1 Å². The zero-order valence-corrected chi connectivity index (χ0v) is 4.07. The van der Waals surface area contributed by atoms with E-state index in [-0.39, 0.29) is 0 Å². The van der Waals surface area contributed by atoms with Gasteiger partial charge in [-0.1, -0.05) is 0 Å². The van der Waals surface area contributed by atoms with Crippen LogP contribution in [-0.2, 0) is 10.8 Å². The maximum Gasteiger partial charge on any atom is 0.294 e. The molecule has 3 rings (SSSR count). The van der Waals surface area contributed by atoms with Crippen LogP contribution in [0.15, 0.2) is 20.9 Å². The predicted molar refractivity (Wildman–Crippen MR) is 21.2 cm³/mol. The second-order valence-corrected chi connectivity index (χ2v) is 2.53. The summed E-state index contributed by atoms with van der Waals surface area (Å²) >= 11 is 0. The van der Waals surface area contributed by atoms with Gasteiger partial charge in [-0.3, -0.25) is 0 Å². The SMILES string of the molecule is O=S1c2coc1n2. The lowest BCUT2D eigenvalue weighted by Gasteiger charge is -1.92. The molecular weight excluding hydrogens is 114 g/mol. The van der Waals surface area contributed by atoms with Gasteiger partial charge in [-0.05, 0) is 0 Å². The number of aromatic nitrogens is 1. The molecule has 1 aromatic heterocycles. The fourth-order valence-electron chi connectivity index (χ4n) is 0.464. The normalized spacial score (nSPS) is 24.3. The van der Waals surface area contributed by atoms with E-state index in [1.807, 2.05) is 0 Å². The van der Waals surface area contributed by atoms with Crippen LogP contribution in [0, 0.1) is 0 Å². The largest absolute Gasteiger partial charge is 0.437 e. The lowest BCUT2D eigenvalue weighted by atomic mass is 11.0. The first-order valence-electron chi connectivity index (χ1n) is 1.75. The summed E-state index contributed by atoms with van der Waals surface area (Å²) < 4.78 is 15.0. The van der Waals surface area contributed by atoms with Gasteiger partial charge in [-0.15, -0.1) is 0 Å². The van der Waals surface area contributed by atoms with E-state index in [2.05, 4.69) is 9.40 Å². The Morgan fingerprint density at radius 3 is 2.86 bits per heavy atom. The first-order chi connectivity index (χ1) is 3.38. The molecule has 3 heterocycles. The van der Waals surface area contributed by atoms with Crippen molar-refractivity contribution in [2.45, 2.75) is 10.2 Å². The highest BCUT2D eigenvalue weighted by Gasteiger charge is 2.26. The van der Waals surface area contributed by atoms with Crippen LogP contribution in [0.1, 0.15) is 0 Å². The van der Waals surface area contributed by atoms with Crippen molar-refractivity contribution in [3.8, 4) is 0 Å². The van der Waals surface area contributed by atoms with Gasteiger partial charge in [-0.25, -0.2) is 4.21 Å². The third-order valence-corrected chi connectivity index (χ3v) is 1.88. The van der Waals surface area contributed by atoms with Crippen LogP contribution in [0.4, 0.5) is 0 Å². The van der Waals surface area contributed by atoms with Crippen LogP contribution >= 0.6 is 0 Å². The molecule has 0 aromatic carbocycles. The van der Waals surface area contributed by atoms with Gasteiger partial charge in [0.05, 0.1) is 0 Å². The Morgan fingerprint density at radius 1 is 1.86 bits per heavy atom. The molecule has 2 aliphatic rings. The van der Waals surface area contributed by atoms with Crippen LogP contribution in [0.25, 0.3) is 0 Å². The quantitative estimate of drug-likeness (QED) is 0.491. The number of oxazole rings is 1. The molecule has 2 aliphatic heterocycles. The molecule has 2 bridgehead atoms. The van der Waals surface area contributed by atoms with E-state index >= 15 is 0 Å². The van der Waals surface area contributed by atoms with Crippen molar-refractivity contribution in [3.63, 3.8) is 0 Å². The van der Waals surface area contributed by atoms with Crippen molar-refractivity contribution in [1.82, 2.24) is 4.98 Å².